The van der Waals surface area contributed by atoms with Crippen molar-refractivity contribution < 1.29 is 49.7 Å². The van der Waals surface area contributed by atoms with E-state index in [1.165, 1.54) is 0 Å². The number of carbonyl (C=O) groups excluding carboxylic acids is 1. The highest BCUT2D eigenvalue weighted by Gasteiger charge is 2.54. The van der Waals surface area contributed by atoms with E-state index < -0.39 is 61.3 Å². The van der Waals surface area contributed by atoms with Crippen LogP contribution in [-0.4, -0.2) is 85.6 Å². The first kappa shape index (κ1) is 22.0. The van der Waals surface area contributed by atoms with E-state index >= 15 is 0 Å². The molecule has 156 valence electrons. The quantitative estimate of drug-likeness (QED) is 0.267. The van der Waals surface area contributed by atoms with Gasteiger partial charge in [0.05, 0.1) is 18.8 Å². The number of ether oxygens (including phenoxy) is 2. The van der Waals surface area contributed by atoms with Gasteiger partial charge in [0.1, 0.15) is 24.9 Å². The average Bonchev–Trinajstić information content (AvgIpc) is 2.67. The number of benzene rings is 1. The Labute approximate surface area is 159 Å². The molecule has 11 heteroatoms. The maximum absolute atomic E-state index is 12.1. The fourth-order valence-corrected chi connectivity index (χ4v) is 2.80. The Hall–Kier alpha value is -2.28. The van der Waals surface area contributed by atoms with Crippen LogP contribution in [0.15, 0.2) is 30.3 Å². The van der Waals surface area contributed by atoms with E-state index in [2.05, 4.69) is 5.32 Å². The van der Waals surface area contributed by atoms with Gasteiger partial charge in [-0.15, -0.1) is 0 Å². The zero-order chi connectivity index (χ0) is 20.9. The van der Waals surface area contributed by atoms with Gasteiger partial charge in [0.15, 0.2) is 0 Å². The zero-order valence-corrected chi connectivity index (χ0v) is 14.7. The molecule has 0 spiro atoms. The van der Waals surface area contributed by atoms with Crippen molar-refractivity contribution in [3.63, 3.8) is 0 Å². The Morgan fingerprint density at radius 2 is 1.93 bits per heavy atom. The number of alkyl carbamates (subject to hydrolysis) is 1. The van der Waals surface area contributed by atoms with Crippen molar-refractivity contribution in [1.82, 2.24) is 5.32 Å². The second-order valence-corrected chi connectivity index (χ2v) is 6.42. The summed E-state index contributed by atoms with van der Waals surface area (Å²) in [5.74, 6) is -4.68. The smallest absolute Gasteiger partial charge is 0.407 e. The summed E-state index contributed by atoms with van der Waals surface area (Å²) < 4.78 is 9.98. The van der Waals surface area contributed by atoms with Gasteiger partial charge in [0.2, 0.25) is 0 Å². The number of rotatable bonds is 7. The van der Waals surface area contributed by atoms with Crippen molar-refractivity contribution in [2.75, 3.05) is 6.61 Å². The molecule has 0 radical (unpaired) electrons. The Kier molecular flexibility index (Phi) is 7.29. The van der Waals surface area contributed by atoms with E-state index in [0.717, 1.165) is 0 Å². The van der Waals surface area contributed by atoms with Crippen LogP contribution in [0.2, 0.25) is 0 Å². The number of hydrogen-bond donors (Lipinski definition) is 7. The molecule has 0 aliphatic carbocycles. The summed E-state index contributed by atoms with van der Waals surface area (Å²) in [5.41, 5.74) is 0.686. The van der Waals surface area contributed by atoms with Crippen molar-refractivity contribution in [1.29, 1.82) is 0 Å². The van der Waals surface area contributed by atoms with Gasteiger partial charge in [-0.25, -0.2) is 9.59 Å². The minimum atomic E-state index is -2.85. The molecule has 1 saturated heterocycles. The van der Waals surface area contributed by atoms with E-state index in [-0.39, 0.29) is 6.61 Å². The number of nitrogens with one attached hydrogen (secondary N) is 1. The maximum Gasteiger partial charge on any atom is 0.407 e. The van der Waals surface area contributed by atoms with Crippen LogP contribution in [0.4, 0.5) is 4.79 Å². The molecule has 6 atom stereocenters. The molecular formula is C17H23NO10. The maximum atomic E-state index is 12.1. The fourth-order valence-electron chi connectivity index (χ4n) is 2.80. The Bertz CT molecular complexity index is 671. The summed E-state index contributed by atoms with van der Waals surface area (Å²) in [6.45, 7) is -1.00. The lowest BCUT2D eigenvalue weighted by Gasteiger charge is -2.44. The first-order chi connectivity index (χ1) is 13.2. The molecule has 28 heavy (non-hydrogen) atoms. The molecule has 1 aromatic rings. The van der Waals surface area contributed by atoms with Crippen LogP contribution in [-0.2, 0) is 20.9 Å². The van der Waals surface area contributed by atoms with Crippen LogP contribution in [0.3, 0.4) is 0 Å². The fraction of sp³-hybridized carbons (Fsp3) is 0.529. The number of aliphatic hydroxyl groups is 5. The van der Waals surface area contributed by atoms with Crippen molar-refractivity contribution in [2.45, 2.75) is 49.3 Å². The molecule has 7 N–H and O–H groups in total. The molecule has 1 aliphatic heterocycles. The lowest BCUT2D eigenvalue weighted by Crippen LogP contribution is -2.67. The largest absolute Gasteiger partial charge is 0.477 e. The van der Waals surface area contributed by atoms with Gasteiger partial charge >= 0.3 is 12.1 Å². The third-order valence-electron chi connectivity index (χ3n) is 4.33. The SMILES string of the molecule is O=C(N[C@H]1C([C@H](O)[C@H](O)CO)OC(O)(C(=O)O)C[C@H]1O)OCc1ccccc1. The normalized spacial score (nSPS) is 29.5. The third kappa shape index (κ3) is 5.16. The van der Waals surface area contributed by atoms with Gasteiger partial charge in [0.25, 0.3) is 5.79 Å². The molecule has 2 rings (SSSR count). The number of hydrogen-bond acceptors (Lipinski definition) is 9. The van der Waals surface area contributed by atoms with Gasteiger partial charge in [-0.3, -0.25) is 0 Å². The highest BCUT2D eigenvalue weighted by atomic mass is 16.7. The molecule has 1 heterocycles. The Morgan fingerprint density at radius 1 is 1.29 bits per heavy atom. The summed E-state index contributed by atoms with van der Waals surface area (Å²) in [5, 5.41) is 60.3. The van der Waals surface area contributed by atoms with Gasteiger partial charge in [0, 0.05) is 6.42 Å². The van der Waals surface area contributed by atoms with Crippen LogP contribution in [0.25, 0.3) is 0 Å². The summed E-state index contributed by atoms with van der Waals surface area (Å²) in [4.78, 5) is 23.3. The van der Waals surface area contributed by atoms with E-state index in [9.17, 15) is 30.0 Å². The molecule has 11 nitrogen and oxygen atoms in total. The number of aliphatic carboxylic acids is 1. The Morgan fingerprint density at radius 3 is 2.50 bits per heavy atom. The third-order valence-corrected chi connectivity index (χ3v) is 4.33. The van der Waals surface area contributed by atoms with E-state index in [4.69, 9.17) is 19.7 Å². The molecule has 0 saturated carbocycles. The molecule has 1 aliphatic rings. The highest BCUT2D eigenvalue weighted by Crippen LogP contribution is 2.30. The monoisotopic (exact) mass is 401 g/mol. The highest BCUT2D eigenvalue weighted by molar-refractivity contribution is 5.75. The summed E-state index contributed by atoms with van der Waals surface area (Å²) in [7, 11) is 0. The summed E-state index contributed by atoms with van der Waals surface area (Å²) in [6.07, 6.45) is -8.94. The molecule has 2 unspecified atom stereocenters. The van der Waals surface area contributed by atoms with Crippen molar-refractivity contribution in [3.05, 3.63) is 35.9 Å². The molecule has 1 amide bonds. The van der Waals surface area contributed by atoms with E-state index in [0.29, 0.717) is 5.56 Å². The summed E-state index contributed by atoms with van der Waals surface area (Å²) in [6, 6.07) is 7.25. The van der Waals surface area contributed by atoms with Crippen LogP contribution in [0, 0.1) is 0 Å². The van der Waals surface area contributed by atoms with Crippen molar-refractivity contribution in [2.24, 2.45) is 0 Å². The van der Waals surface area contributed by atoms with Crippen LogP contribution < -0.4 is 5.32 Å². The molecule has 1 fully saturated rings. The van der Waals surface area contributed by atoms with Gasteiger partial charge in [-0.2, -0.15) is 0 Å². The van der Waals surface area contributed by atoms with Gasteiger partial charge in [-0.1, -0.05) is 30.3 Å². The number of aliphatic hydroxyl groups excluding tert-OH is 4. The van der Waals surface area contributed by atoms with Crippen LogP contribution in [0.1, 0.15) is 12.0 Å². The number of carboxylic acid groups (broad SMARTS) is 1. The molecule has 1 aromatic carbocycles. The van der Waals surface area contributed by atoms with Crippen LogP contribution >= 0.6 is 0 Å². The minimum absolute atomic E-state index is 0.0953. The second-order valence-electron chi connectivity index (χ2n) is 6.42. The average molecular weight is 401 g/mol. The van der Waals surface area contributed by atoms with Gasteiger partial charge in [-0.05, 0) is 5.56 Å². The van der Waals surface area contributed by atoms with E-state index in [1.54, 1.807) is 30.3 Å². The first-order valence-corrected chi connectivity index (χ1v) is 8.44. The standard InChI is InChI=1S/C17H23NO10/c19-7-11(21)13(22)14-12(10(20)6-17(26,28-14)15(23)24)18-16(25)27-8-9-4-2-1-3-5-9/h1-5,10-14,19-22,26H,6-8H2,(H,18,25)(H,23,24)/t10-,11-,12-,13-,14?,17?/m1/s1. The lowest BCUT2D eigenvalue weighted by atomic mass is 9.89. The summed E-state index contributed by atoms with van der Waals surface area (Å²) >= 11 is 0. The minimum Gasteiger partial charge on any atom is -0.477 e. The predicted molar refractivity (Wildman–Crippen MR) is 90.7 cm³/mol. The number of carbonyl (C=O) groups is 2. The second kappa shape index (κ2) is 9.28. The molecular weight excluding hydrogens is 378 g/mol. The zero-order valence-electron chi connectivity index (χ0n) is 14.7. The molecule has 0 aromatic heterocycles. The number of amides is 1. The molecule has 0 bridgehead atoms. The van der Waals surface area contributed by atoms with Crippen LogP contribution in [0.5, 0.6) is 0 Å². The Balaban J connectivity index is 2.11. The number of carboxylic acids is 1. The van der Waals surface area contributed by atoms with Gasteiger partial charge < -0.3 is 45.4 Å². The predicted octanol–water partition coefficient (Wildman–Crippen LogP) is -2.08. The van der Waals surface area contributed by atoms with Crippen molar-refractivity contribution >= 4 is 12.1 Å². The van der Waals surface area contributed by atoms with Crippen molar-refractivity contribution in [3.8, 4) is 0 Å². The lowest BCUT2D eigenvalue weighted by molar-refractivity contribution is -0.294. The topological polar surface area (TPSA) is 186 Å². The first-order valence-electron chi connectivity index (χ1n) is 8.44. The van der Waals surface area contributed by atoms with E-state index in [1.807, 2.05) is 0 Å².